The first-order chi connectivity index (χ1) is 13.8. The van der Waals surface area contributed by atoms with Crippen LogP contribution in [0.25, 0.3) is 6.08 Å². The van der Waals surface area contributed by atoms with Gasteiger partial charge in [0.25, 0.3) is 5.91 Å². The van der Waals surface area contributed by atoms with Crippen molar-refractivity contribution in [3.05, 3.63) is 33.1 Å². The highest BCUT2D eigenvalue weighted by molar-refractivity contribution is 9.10. The van der Waals surface area contributed by atoms with E-state index >= 15 is 0 Å². The number of halogens is 1. The van der Waals surface area contributed by atoms with E-state index < -0.39 is 5.97 Å². The first-order valence-corrected chi connectivity index (χ1v) is 11.0. The Morgan fingerprint density at radius 2 is 2.00 bits per heavy atom. The second-order valence-electron chi connectivity index (χ2n) is 6.34. The Morgan fingerprint density at radius 1 is 1.24 bits per heavy atom. The van der Waals surface area contributed by atoms with E-state index in [1.165, 1.54) is 11.0 Å². The third-order valence-electron chi connectivity index (χ3n) is 4.10. The second-order valence-corrected chi connectivity index (χ2v) is 8.93. The molecule has 1 aliphatic rings. The molecule has 1 saturated heterocycles. The fraction of sp³-hybridized carbons (Fsp3) is 0.368. The van der Waals surface area contributed by atoms with Gasteiger partial charge in [-0.15, -0.1) is 0 Å². The van der Waals surface area contributed by atoms with Crippen molar-refractivity contribution in [2.45, 2.75) is 32.1 Å². The van der Waals surface area contributed by atoms with Crippen molar-refractivity contribution in [3.63, 3.8) is 0 Å². The average Bonchev–Trinajstić information content (AvgIpc) is 2.92. The molecule has 1 heterocycles. The number of carbonyl (C=O) groups is 3. The summed E-state index contributed by atoms with van der Waals surface area (Å²) in [6.45, 7) is 0.649. The molecular formula is C19H21BrN2O5S2. The standard InChI is InChI=1S/C19H21BrN2O5S2/c20-13-5-6-14(23)12(10-13)11-15-18(27)22(19(28)29-15)9-7-16(24)21-8-3-1-2-4-17(25)26/h5-6,10-11,23H,1-4,7-9H2,(H,21,24)(H,25,26)/b15-11-. The molecule has 0 bridgehead atoms. The van der Waals surface area contributed by atoms with Gasteiger partial charge in [-0.05, 0) is 37.1 Å². The van der Waals surface area contributed by atoms with Gasteiger partial charge in [-0.25, -0.2) is 0 Å². The summed E-state index contributed by atoms with van der Waals surface area (Å²) in [6.07, 6.45) is 3.86. The number of thioether (sulfide) groups is 1. The first kappa shape index (κ1) is 23.4. The lowest BCUT2D eigenvalue weighted by atomic mass is 10.2. The predicted octanol–water partition coefficient (Wildman–Crippen LogP) is 3.51. The molecule has 0 saturated carbocycles. The van der Waals surface area contributed by atoms with Gasteiger partial charge in [-0.1, -0.05) is 46.3 Å². The van der Waals surface area contributed by atoms with E-state index in [4.69, 9.17) is 17.3 Å². The van der Waals surface area contributed by atoms with E-state index in [1.54, 1.807) is 18.2 Å². The van der Waals surface area contributed by atoms with Gasteiger partial charge in [0.15, 0.2) is 0 Å². The van der Waals surface area contributed by atoms with Crippen LogP contribution in [0.15, 0.2) is 27.6 Å². The molecule has 0 radical (unpaired) electrons. The minimum Gasteiger partial charge on any atom is -0.507 e. The Morgan fingerprint density at radius 3 is 2.72 bits per heavy atom. The number of carboxylic acid groups (broad SMARTS) is 1. The van der Waals surface area contributed by atoms with Crippen LogP contribution < -0.4 is 5.32 Å². The summed E-state index contributed by atoms with van der Waals surface area (Å²) in [5.74, 6) is -1.24. The van der Waals surface area contributed by atoms with Crippen LogP contribution in [-0.4, -0.2) is 50.3 Å². The molecule has 1 aromatic carbocycles. The number of aliphatic carboxylic acids is 1. The van der Waals surface area contributed by atoms with E-state index in [0.29, 0.717) is 34.2 Å². The molecule has 0 unspecified atom stereocenters. The molecule has 7 nitrogen and oxygen atoms in total. The maximum Gasteiger partial charge on any atom is 0.303 e. The number of hydrogen-bond acceptors (Lipinski definition) is 6. The van der Waals surface area contributed by atoms with E-state index in [2.05, 4.69) is 21.2 Å². The van der Waals surface area contributed by atoms with Crippen LogP contribution in [0.5, 0.6) is 5.75 Å². The summed E-state index contributed by atoms with van der Waals surface area (Å²) in [7, 11) is 0. The normalized spacial score (nSPS) is 15.2. The van der Waals surface area contributed by atoms with Crippen LogP contribution in [0, 0.1) is 0 Å². The number of nitrogens with zero attached hydrogens (tertiary/aromatic N) is 1. The second kappa shape index (κ2) is 11.3. The molecule has 0 spiro atoms. The number of phenols is 1. The molecule has 1 fully saturated rings. The van der Waals surface area contributed by atoms with Crippen LogP contribution >= 0.6 is 39.9 Å². The Kier molecular flexibility index (Phi) is 9.12. The zero-order chi connectivity index (χ0) is 21.4. The molecule has 1 aromatic rings. The van der Waals surface area contributed by atoms with E-state index in [1.807, 2.05) is 0 Å². The zero-order valence-corrected chi connectivity index (χ0v) is 18.7. The lowest BCUT2D eigenvalue weighted by Crippen LogP contribution is -2.33. The molecule has 1 aliphatic heterocycles. The van der Waals surface area contributed by atoms with Crippen molar-refractivity contribution in [3.8, 4) is 5.75 Å². The topological polar surface area (TPSA) is 107 Å². The van der Waals surface area contributed by atoms with Crippen LogP contribution in [0.1, 0.15) is 37.7 Å². The number of rotatable bonds is 10. The van der Waals surface area contributed by atoms with Crippen LogP contribution in [0.4, 0.5) is 0 Å². The molecule has 29 heavy (non-hydrogen) atoms. The average molecular weight is 501 g/mol. The predicted molar refractivity (Wildman–Crippen MR) is 119 cm³/mol. The van der Waals surface area contributed by atoms with Crippen molar-refractivity contribution >= 4 is 68.1 Å². The molecule has 2 amide bonds. The van der Waals surface area contributed by atoms with Gasteiger partial charge < -0.3 is 15.5 Å². The summed E-state index contributed by atoms with van der Waals surface area (Å²) >= 11 is 9.72. The largest absolute Gasteiger partial charge is 0.507 e. The lowest BCUT2D eigenvalue weighted by molar-refractivity contribution is -0.137. The highest BCUT2D eigenvalue weighted by atomic mass is 79.9. The number of nitrogens with one attached hydrogen (secondary N) is 1. The molecule has 156 valence electrons. The number of carboxylic acids is 1. The van der Waals surface area contributed by atoms with Gasteiger partial charge in [0.1, 0.15) is 10.1 Å². The number of benzene rings is 1. The fourth-order valence-electron chi connectivity index (χ4n) is 2.58. The Balaban J connectivity index is 1.81. The third-order valence-corrected chi connectivity index (χ3v) is 5.97. The summed E-state index contributed by atoms with van der Waals surface area (Å²) in [4.78, 5) is 36.8. The van der Waals surface area contributed by atoms with Crippen molar-refractivity contribution in [1.29, 1.82) is 0 Å². The smallest absolute Gasteiger partial charge is 0.303 e. The maximum atomic E-state index is 12.6. The van der Waals surface area contributed by atoms with Gasteiger partial charge >= 0.3 is 5.97 Å². The van der Waals surface area contributed by atoms with Crippen LogP contribution in [0.3, 0.4) is 0 Å². The number of aromatic hydroxyl groups is 1. The Hall–Kier alpha value is -1.91. The van der Waals surface area contributed by atoms with Crippen molar-refractivity contribution in [2.24, 2.45) is 0 Å². The minimum atomic E-state index is -0.818. The number of phenolic OH excluding ortho intramolecular Hbond substituents is 1. The molecule has 0 atom stereocenters. The zero-order valence-electron chi connectivity index (χ0n) is 15.5. The summed E-state index contributed by atoms with van der Waals surface area (Å²) in [5, 5.41) is 21.3. The van der Waals surface area contributed by atoms with Gasteiger partial charge in [0, 0.05) is 36.0 Å². The summed E-state index contributed by atoms with van der Waals surface area (Å²) in [5.41, 5.74) is 0.500. The highest BCUT2D eigenvalue weighted by Crippen LogP contribution is 2.34. The number of carbonyl (C=O) groups excluding carboxylic acids is 2. The van der Waals surface area contributed by atoms with Gasteiger partial charge in [-0.3, -0.25) is 19.3 Å². The summed E-state index contributed by atoms with van der Waals surface area (Å²) < 4.78 is 1.15. The Labute approximate surface area is 186 Å². The van der Waals surface area contributed by atoms with Crippen LogP contribution in [-0.2, 0) is 14.4 Å². The lowest BCUT2D eigenvalue weighted by Gasteiger charge is -2.14. The van der Waals surface area contributed by atoms with E-state index in [9.17, 15) is 19.5 Å². The molecule has 3 N–H and O–H groups in total. The number of amides is 2. The number of thiocarbonyl (C=S) groups is 1. The monoisotopic (exact) mass is 500 g/mol. The van der Waals surface area contributed by atoms with Crippen molar-refractivity contribution < 1.29 is 24.6 Å². The maximum absolute atomic E-state index is 12.6. The fourth-order valence-corrected chi connectivity index (χ4v) is 4.26. The Bertz CT molecular complexity index is 844. The van der Waals surface area contributed by atoms with E-state index in [-0.39, 0.29) is 37.0 Å². The number of unbranched alkanes of at least 4 members (excludes halogenated alkanes) is 2. The molecule has 0 aromatic heterocycles. The molecule has 2 rings (SSSR count). The van der Waals surface area contributed by atoms with Gasteiger partial charge in [-0.2, -0.15) is 0 Å². The molecular weight excluding hydrogens is 480 g/mol. The SMILES string of the molecule is O=C(O)CCCCCNC(=O)CCN1C(=O)/C(=C/c2cc(Br)ccc2O)SC1=S. The van der Waals surface area contributed by atoms with Gasteiger partial charge in [0.05, 0.1) is 4.91 Å². The first-order valence-electron chi connectivity index (χ1n) is 9.00. The highest BCUT2D eigenvalue weighted by Gasteiger charge is 2.32. The third kappa shape index (κ3) is 7.45. The summed E-state index contributed by atoms with van der Waals surface area (Å²) in [6, 6.07) is 4.93. The van der Waals surface area contributed by atoms with E-state index in [0.717, 1.165) is 22.7 Å². The quantitative estimate of drug-likeness (QED) is 0.256. The van der Waals surface area contributed by atoms with Crippen LogP contribution in [0.2, 0.25) is 0 Å². The van der Waals surface area contributed by atoms with Crippen molar-refractivity contribution in [1.82, 2.24) is 10.2 Å². The van der Waals surface area contributed by atoms with Crippen molar-refractivity contribution in [2.75, 3.05) is 13.1 Å². The molecule has 0 aliphatic carbocycles. The minimum absolute atomic E-state index is 0.0567. The molecule has 10 heteroatoms. The van der Waals surface area contributed by atoms with Gasteiger partial charge in [0.2, 0.25) is 5.91 Å². The number of hydrogen-bond donors (Lipinski definition) is 3.